The molecule has 1 aliphatic rings. The Balaban J connectivity index is 2.04. The first kappa shape index (κ1) is 11.5. The highest BCUT2D eigenvalue weighted by Crippen LogP contribution is 2.35. The molecule has 0 heterocycles. The molecule has 1 aliphatic carbocycles. The summed E-state index contributed by atoms with van der Waals surface area (Å²) < 4.78 is 26.1. The molecule has 0 radical (unpaired) electrons. The third-order valence-electron chi connectivity index (χ3n) is 3.05. The van der Waals surface area contributed by atoms with Crippen molar-refractivity contribution in [1.29, 1.82) is 0 Å². The second kappa shape index (κ2) is 4.89. The first-order valence-corrected chi connectivity index (χ1v) is 5.61. The van der Waals surface area contributed by atoms with Crippen LogP contribution in [0.15, 0.2) is 18.2 Å². The Morgan fingerprint density at radius 3 is 2.38 bits per heavy atom. The van der Waals surface area contributed by atoms with E-state index in [9.17, 15) is 8.78 Å². The lowest BCUT2D eigenvalue weighted by Crippen LogP contribution is -2.28. The zero-order valence-electron chi connectivity index (χ0n) is 9.05. The largest absolute Gasteiger partial charge is 0.271 e. The lowest BCUT2D eigenvalue weighted by molar-refractivity contribution is 0.474. The summed E-state index contributed by atoms with van der Waals surface area (Å²) in [5.74, 6) is 5.10. The summed E-state index contributed by atoms with van der Waals surface area (Å²) in [7, 11) is 0. The van der Waals surface area contributed by atoms with Crippen molar-refractivity contribution in [3.8, 4) is 0 Å². The van der Waals surface area contributed by atoms with Crippen LogP contribution in [0, 0.1) is 17.6 Å². The van der Waals surface area contributed by atoms with Crippen molar-refractivity contribution in [1.82, 2.24) is 5.43 Å². The van der Waals surface area contributed by atoms with Crippen molar-refractivity contribution in [3.05, 3.63) is 35.4 Å². The molecule has 0 aromatic heterocycles. The zero-order valence-corrected chi connectivity index (χ0v) is 9.05. The zero-order chi connectivity index (χ0) is 11.5. The molecule has 0 spiro atoms. The molecule has 1 aromatic rings. The fraction of sp³-hybridized carbons (Fsp3) is 0.500. The fourth-order valence-corrected chi connectivity index (χ4v) is 1.93. The maximum Gasteiger partial charge on any atom is 0.126 e. The SMILES string of the molecule is NNC(CCC1CC1)c1cc(F)cc(F)c1. The molecule has 0 saturated heterocycles. The molecule has 0 bridgehead atoms. The van der Waals surface area contributed by atoms with Gasteiger partial charge in [-0.2, -0.15) is 0 Å². The average molecular weight is 226 g/mol. The molecular formula is C12H16F2N2. The number of benzene rings is 1. The van der Waals surface area contributed by atoms with E-state index < -0.39 is 11.6 Å². The monoisotopic (exact) mass is 226 g/mol. The van der Waals surface area contributed by atoms with E-state index in [1.54, 1.807) is 0 Å². The molecule has 3 N–H and O–H groups in total. The smallest absolute Gasteiger partial charge is 0.126 e. The summed E-state index contributed by atoms with van der Waals surface area (Å²) in [6.45, 7) is 0. The van der Waals surface area contributed by atoms with E-state index in [1.807, 2.05) is 0 Å². The summed E-state index contributed by atoms with van der Waals surface area (Å²) in [5.41, 5.74) is 3.21. The van der Waals surface area contributed by atoms with E-state index in [2.05, 4.69) is 5.43 Å². The summed E-state index contributed by atoms with van der Waals surface area (Å²) in [6, 6.07) is 3.38. The predicted molar refractivity (Wildman–Crippen MR) is 58.4 cm³/mol. The minimum Gasteiger partial charge on any atom is -0.271 e. The molecule has 4 heteroatoms. The number of rotatable bonds is 5. The standard InChI is InChI=1S/C12H16F2N2/c13-10-5-9(6-11(14)7-10)12(16-15)4-3-8-1-2-8/h5-8,12,16H,1-4,15H2. The Morgan fingerprint density at radius 2 is 1.88 bits per heavy atom. The molecular weight excluding hydrogens is 210 g/mol. The van der Waals surface area contributed by atoms with Gasteiger partial charge in [0.05, 0.1) is 0 Å². The van der Waals surface area contributed by atoms with E-state index in [-0.39, 0.29) is 6.04 Å². The lowest BCUT2D eigenvalue weighted by atomic mass is 10.0. The van der Waals surface area contributed by atoms with Gasteiger partial charge < -0.3 is 0 Å². The maximum absolute atomic E-state index is 13.0. The second-order valence-electron chi connectivity index (χ2n) is 4.44. The Morgan fingerprint density at radius 1 is 1.25 bits per heavy atom. The fourth-order valence-electron chi connectivity index (χ4n) is 1.93. The van der Waals surface area contributed by atoms with E-state index in [1.165, 1.54) is 25.0 Å². The molecule has 16 heavy (non-hydrogen) atoms. The number of hydrogen-bond donors (Lipinski definition) is 2. The Labute approximate surface area is 93.8 Å². The third kappa shape index (κ3) is 3.00. The van der Waals surface area contributed by atoms with Crippen LogP contribution in [-0.4, -0.2) is 0 Å². The van der Waals surface area contributed by atoms with Crippen LogP contribution in [0.1, 0.15) is 37.3 Å². The highest BCUT2D eigenvalue weighted by Gasteiger charge is 2.23. The Hall–Kier alpha value is -1.00. The van der Waals surface area contributed by atoms with Crippen LogP contribution in [0.5, 0.6) is 0 Å². The van der Waals surface area contributed by atoms with Gasteiger partial charge in [-0.3, -0.25) is 11.3 Å². The van der Waals surface area contributed by atoms with E-state index in [0.717, 1.165) is 24.8 Å². The molecule has 88 valence electrons. The van der Waals surface area contributed by atoms with Crippen molar-refractivity contribution in [3.63, 3.8) is 0 Å². The summed E-state index contributed by atoms with van der Waals surface area (Å²) >= 11 is 0. The molecule has 0 aliphatic heterocycles. The van der Waals surface area contributed by atoms with Gasteiger partial charge in [-0.25, -0.2) is 8.78 Å². The van der Waals surface area contributed by atoms with Crippen LogP contribution < -0.4 is 11.3 Å². The average Bonchev–Trinajstić information content (AvgIpc) is 3.01. The number of hydrazine groups is 1. The van der Waals surface area contributed by atoms with Gasteiger partial charge >= 0.3 is 0 Å². The van der Waals surface area contributed by atoms with Crippen molar-refractivity contribution < 1.29 is 8.78 Å². The van der Waals surface area contributed by atoms with Gasteiger partial charge in [-0.15, -0.1) is 0 Å². The maximum atomic E-state index is 13.0. The van der Waals surface area contributed by atoms with Gasteiger partial charge in [0.2, 0.25) is 0 Å². The van der Waals surface area contributed by atoms with Gasteiger partial charge in [0.1, 0.15) is 11.6 Å². The molecule has 1 aromatic carbocycles. The first-order valence-electron chi connectivity index (χ1n) is 5.61. The van der Waals surface area contributed by atoms with E-state index >= 15 is 0 Å². The normalized spacial score (nSPS) is 17.4. The predicted octanol–water partition coefficient (Wildman–Crippen LogP) is 2.66. The Bertz CT molecular complexity index is 344. The van der Waals surface area contributed by atoms with Gasteiger partial charge in [0, 0.05) is 12.1 Å². The molecule has 0 amide bonds. The molecule has 1 atom stereocenters. The second-order valence-corrected chi connectivity index (χ2v) is 4.44. The molecule has 2 rings (SSSR count). The quantitative estimate of drug-likeness (QED) is 0.598. The van der Waals surface area contributed by atoms with Crippen LogP contribution in [0.3, 0.4) is 0 Å². The van der Waals surface area contributed by atoms with Gasteiger partial charge in [0.25, 0.3) is 0 Å². The topological polar surface area (TPSA) is 38.0 Å². The third-order valence-corrected chi connectivity index (χ3v) is 3.05. The molecule has 2 nitrogen and oxygen atoms in total. The highest BCUT2D eigenvalue weighted by molar-refractivity contribution is 5.21. The summed E-state index contributed by atoms with van der Waals surface area (Å²) in [4.78, 5) is 0. The molecule has 1 saturated carbocycles. The van der Waals surface area contributed by atoms with Crippen LogP contribution in [-0.2, 0) is 0 Å². The van der Waals surface area contributed by atoms with Crippen LogP contribution in [0.25, 0.3) is 0 Å². The number of hydrogen-bond acceptors (Lipinski definition) is 2. The van der Waals surface area contributed by atoms with Gasteiger partial charge in [0.15, 0.2) is 0 Å². The highest BCUT2D eigenvalue weighted by atomic mass is 19.1. The number of nitrogens with one attached hydrogen (secondary N) is 1. The minimum absolute atomic E-state index is 0.161. The number of nitrogens with two attached hydrogens (primary N) is 1. The van der Waals surface area contributed by atoms with E-state index in [0.29, 0.717) is 5.56 Å². The summed E-state index contributed by atoms with van der Waals surface area (Å²) in [6.07, 6.45) is 4.43. The van der Waals surface area contributed by atoms with Crippen molar-refractivity contribution in [2.45, 2.75) is 31.7 Å². The van der Waals surface area contributed by atoms with Crippen LogP contribution >= 0.6 is 0 Å². The van der Waals surface area contributed by atoms with E-state index in [4.69, 9.17) is 5.84 Å². The molecule has 1 unspecified atom stereocenters. The van der Waals surface area contributed by atoms with Crippen molar-refractivity contribution in [2.75, 3.05) is 0 Å². The first-order chi connectivity index (χ1) is 7.69. The van der Waals surface area contributed by atoms with Crippen molar-refractivity contribution in [2.24, 2.45) is 11.8 Å². The molecule has 1 fully saturated rings. The lowest BCUT2D eigenvalue weighted by Gasteiger charge is -2.16. The Kier molecular flexibility index (Phi) is 3.51. The minimum atomic E-state index is -0.554. The van der Waals surface area contributed by atoms with Gasteiger partial charge in [-0.1, -0.05) is 12.8 Å². The van der Waals surface area contributed by atoms with Gasteiger partial charge in [-0.05, 0) is 36.5 Å². The van der Waals surface area contributed by atoms with Crippen LogP contribution in [0.4, 0.5) is 8.78 Å². The number of halogens is 2. The summed E-state index contributed by atoms with van der Waals surface area (Å²) in [5, 5.41) is 0. The van der Waals surface area contributed by atoms with Crippen LogP contribution in [0.2, 0.25) is 0 Å². The van der Waals surface area contributed by atoms with Crippen molar-refractivity contribution >= 4 is 0 Å².